The molecule has 0 spiro atoms. The number of carboxylic acid groups (broad SMARTS) is 2. The lowest BCUT2D eigenvalue weighted by atomic mass is 9.96. The van der Waals surface area contributed by atoms with Crippen LogP contribution in [0.4, 0.5) is 4.79 Å². The Hall–Kier alpha value is -2.89. The van der Waals surface area contributed by atoms with Gasteiger partial charge in [-0.25, -0.2) is 14.2 Å². The maximum atomic E-state index is 12.4. The summed E-state index contributed by atoms with van der Waals surface area (Å²) in [7, 11) is 0. The largest absolute Gasteiger partial charge is 0.477 e. The molecule has 1 heterocycles. The predicted octanol–water partition coefficient (Wildman–Crippen LogP) is 2.31. The smallest absolute Gasteiger partial charge is 0.416 e. The topological polar surface area (TPSA) is 96.6 Å². The van der Waals surface area contributed by atoms with E-state index in [9.17, 15) is 19.5 Å². The molecule has 0 aliphatic heterocycles. The zero-order valence-electron chi connectivity index (χ0n) is 11.5. The maximum Gasteiger partial charge on any atom is 0.416 e. The number of ketones is 1. The zero-order chi connectivity index (χ0) is 15.9. The Morgan fingerprint density at radius 2 is 1.86 bits per heavy atom. The molecule has 0 saturated heterocycles. The number of hydrogen-bond donors (Lipinski definition) is 2. The molecule has 0 radical (unpaired) electrons. The molecule has 0 saturated carbocycles. The third kappa shape index (κ3) is 2.18. The maximum absolute atomic E-state index is 12.4. The number of aromatic carboxylic acids is 1. The summed E-state index contributed by atoms with van der Waals surface area (Å²) in [4.78, 5) is 34.8. The van der Waals surface area contributed by atoms with Crippen LogP contribution >= 0.6 is 0 Å². The fraction of sp³-hybridized carbons (Fsp3) is 0.188. The Bertz CT molecular complexity index is 775. The first-order valence-corrected chi connectivity index (χ1v) is 6.78. The normalized spacial score (nSPS) is 16.5. The van der Waals surface area contributed by atoms with E-state index < -0.39 is 12.1 Å². The van der Waals surface area contributed by atoms with Gasteiger partial charge in [-0.2, -0.15) is 0 Å². The lowest BCUT2D eigenvalue weighted by Crippen LogP contribution is -2.19. The number of rotatable bonds is 3. The van der Waals surface area contributed by atoms with Gasteiger partial charge in [0.25, 0.3) is 0 Å². The van der Waals surface area contributed by atoms with Gasteiger partial charge >= 0.3 is 12.1 Å². The quantitative estimate of drug-likeness (QED) is 0.906. The highest BCUT2D eigenvalue weighted by Gasteiger charge is 2.37. The standard InChI is InChI=1S/C16H13NO5/c18-14-10(6-9-4-2-1-3-5-9)7-12-11(14)8-13(15(19)20)17(12)16(21)22/h1-5,8,10H,6-7H2,(H,19,20)(H,21,22). The zero-order valence-corrected chi connectivity index (χ0v) is 11.5. The monoisotopic (exact) mass is 299 g/mol. The summed E-state index contributed by atoms with van der Waals surface area (Å²) < 4.78 is 0.709. The van der Waals surface area contributed by atoms with E-state index in [4.69, 9.17) is 5.11 Å². The number of carbonyl (C=O) groups is 3. The molecule has 6 nitrogen and oxygen atoms in total. The van der Waals surface area contributed by atoms with E-state index in [2.05, 4.69) is 0 Å². The molecular weight excluding hydrogens is 286 g/mol. The first-order chi connectivity index (χ1) is 10.5. The molecule has 0 bridgehead atoms. The molecule has 22 heavy (non-hydrogen) atoms. The molecule has 1 aromatic heterocycles. The van der Waals surface area contributed by atoms with Crippen molar-refractivity contribution in [2.75, 3.05) is 0 Å². The van der Waals surface area contributed by atoms with E-state index in [1.165, 1.54) is 6.07 Å². The molecule has 2 N–H and O–H groups in total. The highest BCUT2D eigenvalue weighted by atomic mass is 16.4. The third-order valence-electron chi connectivity index (χ3n) is 3.91. The molecule has 0 amide bonds. The number of benzene rings is 1. The number of hydrogen-bond acceptors (Lipinski definition) is 3. The van der Waals surface area contributed by atoms with E-state index in [1.54, 1.807) is 0 Å². The fourth-order valence-electron chi connectivity index (χ4n) is 2.95. The second-order valence-corrected chi connectivity index (χ2v) is 5.27. The van der Waals surface area contributed by atoms with Crippen molar-refractivity contribution in [2.24, 2.45) is 5.92 Å². The van der Waals surface area contributed by atoms with Crippen LogP contribution in [0.15, 0.2) is 36.4 Å². The van der Waals surface area contributed by atoms with E-state index in [0.29, 0.717) is 11.0 Å². The molecule has 1 atom stereocenters. The molecule has 1 aliphatic rings. The fourth-order valence-corrected chi connectivity index (χ4v) is 2.95. The molecule has 0 fully saturated rings. The average Bonchev–Trinajstić information content (AvgIpc) is 2.98. The molecule has 1 unspecified atom stereocenters. The summed E-state index contributed by atoms with van der Waals surface area (Å²) in [6.07, 6.45) is -0.634. The van der Waals surface area contributed by atoms with Crippen LogP contribution in [0.3, 0.4) is 0 Å². The van der Waals surface area contributed by atoms with Crippen LogP contribution in [0, 0.1) is 5.92 Å². The van der Waals surface area contributed by atoms with E-state index in [0.717, 1.165) is 5.56 Å². The van der Waals surface area contributed by atoms with Crippen LogP contribution in [0.2, 0.25) is 0 Å². The molecule has 1 aromatic carbocycles. The molecule has 3 rings (SSSR count). The lowest BCUT2D eigenvalue weighted by molar-refractivity contribution is 0.0683. The Morgan fingerprint density at radius 3 is 2.45 bits per heavy atom. The molecule has 2 aromatic rings. The van der Waals surface area contributed by atoms with Gasteiger partial charge in [0.05, 0.1) is 0 Å². The predicted molar refractivity (Wildman–Crippen MR) is 76.5 cm³/mol. The van der Waals surface area contributed by atoms with Crippen LogP contribution < -0.4 is 0 Å². The van der Waals surface area contributed by atoms with Crippen molar-refractivity contribution in [2.45, 2.75) is 12.8 Å². The van der Waals surface area contributed by atoms with Gasteiger partial charge in [-0.1, -0.05) is 30.3 Å². The van der Waals surface area contributed by atoms with Crippen molar-refractivity contribution in [3.63, 3.8) is 0 Å². The Morgan fingerprint density at radius 1 is 1.18 bits per heavy atom. The molecular formula is C16H13NO5. The first kappa shape index (κ1) is 14.1. The number of carboxylic acids is 1. The van der Waals surface area contributed by atoms with Crippen molar-refractivity contribution in [3.05, 3.63) is 58.9 Å². The van der Waals surface area contributed by atoms with Gasteiger partial charge in [0.15, 0.2) is 5.78 Å². The lowest BCUT2D eigenvalue weighted by Gasteiger charge is -2.09. The van der Waals surface area contributed by atoms with Crippen molar-refractivity contribution < 1.29 is 24.6 Å². The van der Waals surface area contributed by atoms with Crippen LogP contribution in [0.1, 0.15) is 32.1 Å². The van der Waals surface area contributed by atoms with Crippen molar-refractivity contribution in [3.8, 4) is 0 Å². The Labute approximate surface area is 125 Å². The summed E-state index contributed by atoms with van der Waals surface area (Å²) in [5.41, 5.74) is 1.09. The van der Waals surface area contributed by atoms with Gasteiger partial charge in [-0.15, -0.1) is 0 Å². The van der Waals surface area contributed by atoms with Gasteiger partial charge in [-0.3, -0.25) is 4.79 Å². The van der Waals surface area contributed by atoms with Crippen molar-refractivity contribution >= 4 is 17.8 Å². The summed E-state index contributed by atoms with van der Waals surface area (Å²) in [5.74, 6) is -1.90. The van der Waals surface area contributed by atoms with Crippen LogP contribution in [0.25, 0.3) is 0 Å². The van der Waals surface area contributed by atoms with Crippen LogP contribution in [0.5, 0.6) is 0 Å². The first-order valence-electron chi connectivity index (χ1n) is 6.78. The van der Waals surface area contributed by atoms with Crippen molar-refractivity contribution in [1.29, 1.82) is 0 Å². The third-order valence-corrected chi connectivity index (χ3v) is 3.91. The van der Waals surface area contributed by atoms with Gasteiger partial charge < -0.3 is 10.2 Å². The van der Waals surface area contributed by atoms with Crippen molar-refractivity contribution in [1.82, 2.24) is 4.57 Å². The van der Waals surface area contributed by atoms with E-state index in [-0.39, 0.29) is 35.1 Å². The van der Waals surface area contributed by atoms with Gasteiger partial charge in [0.2, 0.25) is 0 Å². The highest BCUT2D eigenvalue weighted by molar-refractivity contribution is 6.05. The van der Waals surface area contributed by atoms with Crippen LogP contribution in [-0.4, -0.2) is 32.6 Å². The summed E-state index contributed by atoms with van der Waals surface area (Å²) >= 11 is 0. The Balaban J connectivity index is 1.95. The molecule has 6 heteroatoms. The number of aromatic nitrogens is 1. The number of carbonyl (C=O) groups excluding carboxylic acids is 1. The number of Topliss-reactive ketones (excluding diaryl/α,β-unsaturated/α-hetero) is 1. The summed E-state index contributed by atoms with van der Waals surface area (Å²) in [6.45, 7) is 0. The Kier molecular flexibility index (Phi) is 3.29. The van der Waals surface area contributed by atoms with E-state index in [1.807, 2.05) is 30.3 Å². The second-order valence-electron chi connectivity index (χ2n) is 5.27. The molecule has 112 valence electrons. The van der Waals surface area contributed by atoms with Crippen LogP contribution in [-0.2, 0) is 12.8 Å². The average molecular weight is 299 g/mol. The minimum absolute atomic E-state index is 0.193. The second kappa shape index (κ2) is 5.14. The summed E-state index contributed by atoms with van der Waals surface area (Å²) in [5, 5.41) is 18.3. The highest BCUT2D eigenvalue weighted by Crippen LogP contribution is 2.32. The minimum Gasteiger partial charge on any atom is -0.477 e. The number of nitrogens with zero attached hydrogens (tertiary/aromatic N) is 1. The van der Waals surface area contributed by atoms with Gasteiger partial charge in [0, 0.05) is 17.2 Å². The minimum atomic E-state index is -1.38. The van der Waals surface area contributed by atoms with Gasteiger partial charge in [-0.05, 0) is 24.5 Å². The van der Waals surface area contributed by atoms with Gasteiger partial charge in [0.1, 0.15) is 5.69 Å². The molecule has 1 aliphatic carbocycles. The number of fused-ring (bicyclic) bond motifs is 1. The van der Waals surface area contributed by atoms with E-state index >= 15 is 0 Å². The summed E-state index contributed by atoms with van der Waals surface area (Å²) in [6, 6.07) is 10.6. The SMILES string of the molecule is O=C(O)c1cc2c(n1C(=O)O)CC(Cc1ccccc1)C2=O.